The first-order valence-corrected chi connectivity index (χ1v) is 10.8. The summed E-state index contributed by atoms with van der Waals surface area (Å²) in [6.45, 7) is 0.660. The van der Waals surface area contributed by atoms with E-state index in [1.54, 1.807) is 24.3 Å². The molecular formula is C22H17ClN4O3S. The average molecular weight is 453 g/mol. The number of ether oxygens (including phenoxy) is 1. The molecule has 0 aliphatic heterocycles. The summed E-state index contributed by atoms with van der Waals surface area (Å²) < 4.78 is 13.1. The minimum absolute atomic E-state index is 0.0472. The van der Waals surface area contributed by atoms with E-state index in [-0.39, 0.29) is 18.1 Å². The molecule has 0 unspecified atom stereocenters. The number of nitriles is 1. The highest BCUT2D eigenvalue weighted by atomic mass is 35.5. The van der Waals surface area contributed by atoms with Gasteiger partial charge in [-0.3, -0.25) is 4.79 Å². The van der Waals surface area contributed by atoms with Crippen LogP contribution in [0.2, 0.25) is 5.02 Å². The Bertz CT molecular complexity index is 1240. The molecule has 0 atom stereocenters. The van der Waals surface area contributed by atoms with Crippen LogP contribution in [-0.4, -0.2) is 26.3 Å². The zero-order valence-corrected chi connectivity index (χ0v) is 17.9. The molecule has 156 valence electrons. The van der Waals surface area contributed by atoms with Gasteiger partial charge in [0.25, 0.3) is 11.1 Å². The van der Waals surface area contributed by atoms with Gasteiger partial charge in [0.2, 0.25) is 0 Å². The molecule has 0 aliphatic carbocycles. The molecule has 2 aromatic carbocycles. The zero-order chi connectivity index (χ0) is 21.6. The summed E-state index contributed by atoms with van der Waals surface area (Å²) in [6, 6.07) is 16.8. The van der Waals surface area contributed by atoms with Crippen molar-refractivity contribution in [1.29, 1.82) is 5.26 Å². The third-order valence-electron chi connectivity index (χ3n) is 4.50. The van der Waals surface area contributed by atoms with Gasteiger partial charge in [-0.15, -0.1) is 10.2 Å². The fraction of sp³-hybridized carbons (Fsp3) is 0.182. The van der Waals surface area contributed by atoms with E-state index in [1.165, 1.54) is 11.8 Å². The number of carbonyl (C=O) groups excluding carboxylic acids is 1. The Morgan fingerprint density at radius 2 is 2.00 bits per heavy atom. The Hall–Kier alpha value is -3.28. The van der Waals surface area contributed by atoms with E-state index >= 15 is 0 Å². The predicted molar refractivity (Wildman–Crippen MR) is 117 cm³/mol. The minimum Gasteiger partial charge on any atom is -0.484 e. The number of Topliss-reactive ketones (excluding diaryl/α,β-unsaturated/α-hetero) is 1. The van der Waals surface area contributed by atoms with Crippen LogP contribution in [0.5, 0.6) is 5.75 Å². The van der Waals surface area contributed by atoms with Crippen molar-refractivity contribution < 1.29 is 13.9 Å². The molecule has 0 saturated heterocycles. The number of benzene rings is 2. The lowest BCUT2D eigenvalue weighted by atomic mass is 10.1. The van der Waals surface area contributed by atoms with Crippen molar-refractivity contribution in [3.8, 4) is 11.8 Å². The number of rotatable bonds is 9. The second-order valence-corrected chi connectivity index (χ2v) is 7.94. The highest BCUT2D eigenvalue weighted by Gasteiger charge is 2.17. The van der Waals surface area contributed by atoms with Gasteiger partial charge in [0.1, 0.15) is 5.75 Å². The Kier molecular flexibility index (Phi) is 6.55. The minimum atomic E-state index is -0.0472. The highest BCUT2D eigenvalue weighted by molar-refractivity contribution is 7.99. The van der Waals surface area contributed by atoms with Crippen LogP contribution < -0.4 is 4.74 Å². The first kappa shape index (κ1) is 21.0. The number of aryl methyl sites for hydroxylation is 1. The summed E-state index contributed by atoms with van der Waals surface area (Å²) in [5.74, 6) is 1.07. The lowest BCUT2D eigenvalue weighted by molar-refractivity contribution is 0.102. The number of fused-ring (bicyclic) bond motifs is 1. The molecule has 0 spiro atoms. The number of carbonyl (C=O) groups is 1. The molecule has 2 aromatic heterocycles. The lowest BCUT2D eigenvalue weighted by Gasteiger charge is -2.02. The van der Waals surface area contributed by atoms with E-state index < -0.39 is 0 Å². The topological polar surface area (TPSA) is 93.9 Å². The Morgan fingerprint density at radius 3 is 2.81 bits per heavy atom. The third-order valence-corrected chi connectivity index (χ3v) is 5.57. The highest BCUT2D eigenvalue weighted by Crippen LogP contribution is 2.25. The van der Waals surface area contributed by atoms with Crippen molar-refractivity contribution in [2.45, 2.75) is 24.8 Å². The molecule has 4 aromatic rings. The first-order chi connectivity index (χ1) is 15.1. The van der Waals surface area contributed by atoms with E-state index in [0.29, 0.717) is 40.4 Å². The van der Waals surface area contributed by atoms with Gasteiger partial charge in [-0.2, -0.15) is 5.26 Å². The maximum absolute atomic E-state index is 12.8. The van der Waals surface area contributed by atoms with Gasteiger partial charge in [-0.1, -0.05) is 41.6 Å². The van der Waals surface area contributed by atoms with Crippen LogP contribution in [0.4, 0.5) is 0 Å². The second-order valence-electron chi connectivity index (χ2n) is 6.58. The quantitative estimate of drug-likeness (QED) is 0.256. The van der Waals surface area contributed by atoms with Crippen LogP contribution in [0, 0.1) is 11.3 Å². The standard InChI is InChI=1S/C22H17ClN4O3S/c23-15-6-8-16(9-7-15)29-13-21-25-26-22(30-21)31-14-20(28)18-12-27(11-3-10-24)19-5-2-1-4-17(18)19/h1-2,4-9,12H,3,11,13-14H2. The third kappa shape index (κ3) is 5.08. The first-order valence-electron chi connectivity index (χ1n) is 9.45. The van der Waals surface area contributed by atoms with E-state index in [2.05, 4.69) is 16.3 Å². The maximum atomic E-state index is 12.8. The van der Waals surface area contributed by atoms with Crippen molar-refractivity contribution in [3.63, 3.8) is 0 Å². The van der Waals surface area contributed by atoms with Crippen molar-refractivity contribution >= 4 is 40.0 Å². The van der Waals surface area contributed by atoms with Crippen LogP contribution >= 0.6 is 23.4 Å². The van der Waals surface area contributed by atoms with Crippen LogP contribution in [0.1, 0.15) is 22.7 Å². The van der Waals surface area contributed by atoms with Gasteiger partial charge >= 0.3 is 0 Å². The Morgan fingerprint density at radius 1 is 1.19 bits per heavy atom. The zero-order valence-electron chi connectivity index (χ0n) is 16.3. The molecule has 0 aliphatic rings. The summed E-state index contributed by atoms with van der Waals surface area (Å²) in [7, 11) is 0. The maximum Gasteiger partial charge on any atom is 0.277 e. The second kappa shape index (κ2) is 9.69. The molecule has 9 heteroatoms. The van der Waals surface area contributed by atoms with E-state index in [0.717, 1.165) is 10.9 Å². The summed E-state index contributed by atoms with van der Waals surface area (Å²) >= 11 is 7.03. The SMILES string of the molecule is N#CCCn1cc(C(=O)CSc2nnc(COc3ccc(Cl)cc3)o2)c2ccccc21. The fourth-order valence-electron chi connectivity index (χ4n) is 3.06. The molecule has 0 N–H and O–H groups in total. The van der Waals surface area contributed by atoms with Crippen molar-refractivity contribution in [2.75, 3.05) is 5.75 Å². The normalized spacial score (nSPS) is 10.8. The number of hydrogen-bond acceptors (Lipinski definition) is 7. The summed E-state index contributed by atoms with van der Waals surface area (Å²) in [6.07, 6.45) is 2.19. The summed E-state index contributed by atoms with van der Waals surface area (Å²) in [5, 5.41) is 18.6. The Labute approximate surface area is 187 Å². The van der Waals surface area contributed by atoms with Gasteiger partial charge in [-0.05, 0) is 30.3 Å². The van der Waals surface area contributed by atoms with Gasteiger partial charge in [0, 0.05) is 34.2 Å². The molecule has 0 radical (unpaired) electrons. The molecular weight excluding hydrogens is 436 g/mol. The smallest absolute Gasteiger partial charge is 0.277 e. The molecule has 4 rings (SSSR count). The Balaban J connectivity index is 1.38. The van der Waals surface area contributed by atoms with Gasteiger partial charge in [0.15, 0.2) is 12.4 Å². The molecule has 0 amide bonds. The monoisotopic (exact) mass is 452 g/mol. The molecule has 0 fully saturated rings. The van der Waals surface area contributed by atoms with E-state index in [4.69, 9.17) is 26.0 Å². The van der Waals surface area contributed by atoms with Gasteiger partial charge < -0.3 is 13.7 Å². The molecule has 0 saturated carbocycles. The van der Waals surface area contributed by atoms with E-state index in [1.807, 2.05) is 35.0 Å². The van der Waals surface area contributed by atoms with Crippen LogP contribution in [0.15, 0.2) is 64.4 Å². The number of ketones is 1. The average Bonchev–Trinajstić information content (AvgIpc) is 3.40. The summed E-state index contributed by atoms with van der Waals surface area (Å²) in [5.41, 5.74) is 1.55. The van der Waals surface area contributed by atoms with Crippen LogP contribution in [0.25, 0.3) is 10.9 Å². The number of para-hydroxylation sites is 1. The lowest BCUT2D eigenvalue weighted by Crippen LogP contribution is -2.02. The summed E-state index contributed by atoms with van der Waals surface area (Å²) in [4.78, 5) is 12.8. The molecule has 31 heavy (non-hydrogen) atoms. The van der Waals surface area contributed by atoms with Crippen molar-refractivity contribution in [2.24, 2.45) is 0 Å². The number of aromatic nitrogens is 3. The number of halogens is 1. The fourth-order valence-corrected chi connectivity index (χ4v) is 3.85. The molecule has 0 bridgehead atoms. The molecule has 7 nitrogen and oxygen atoms in total. The van der Waals surface area contributed by atoms with Crippen molar-refractivity contribution in [1.82, 2.24) is 14.8 Å². The number of thioether (sulfide) groups is 1. The largest absolute Gasteiger partial charge is 0.484 e. The number of hydrogen-bond donors (Lipinski definition) is 0. The molecule has 2 heterocycles. The van der Waals surface area contributed by atoms with Gasteiger partial charge in [0.05, 0.1) is 18.2 Å². The van der Waals surface area contributed by atoms with Crippen LogP contribution in [-0.2, 0) is 13.2 Å². The van der Waals surface area contributed by atoms with Gasteiger partial charge in [-0.25, -0.2) is 0 Å². The van der Waals surface area contributed by atoms with Crippen molar-refractivity contribution in [3.05, 3.63) is 71.2 Å². The van der Waals surface area contributed by atoms with Crippen LogP contribution in [0.3, 0.4) is 0 Å². The predicted octanol–water partition coefficient (Wildman–Crippen LogP) is 5.15. The van der Waals surface area contributed by atoms with E-state index in [9.17, 15) is 4.79 Å². The number of nitrogens with zero attached hydrogens (tertiary/aromatic N) is 4.